The molecule has 0 aliphatic carbocycles. The maximum absolute atomic E-state index is 5.45. The number of nitrogens with zero attached hydrogens (tertiary/aromatic N) is 1. The average molecular weight is 248 g/mol. The van der Waals surface area contributed by atoms with Gasteiger partial charge in [-0.2, -0.15) is 0 Å². The van der Waals surface area contributed by atoms with Gasteiger partial charge >= 0.3 is 0 Å². The molecule has 2 N–H and O–H groups in total. The first-order valence-electron chi connectivity index (χ1n) is 3.05. The van der Waals surface area contributed by atoms with E-state index in [1.54, 1.807) is 6.20 Å². The Bertz CT molecular complexity index is 235. The van der Waals surface area contributed by atoms with Gasteiger partial charge in [-0.15, -0.1) is 0 Å². The van der Waals surface area contributed by atoms with E-state index in [0.29, 0.717) is 6.54 Å². The van der Waals surface area contributed by atoms with Gasteiger partial charge in [-0.25, -0.2) is 0 Å². The first-order chi connectivity index (χ1) is 4.75. The summed E-state index contributed by atoms with van der Waals surface area (Å²) in [7, 11) is 0. The Morgan fingerprint density at radius 2 is 2.40 bits per heavy atom. The Morgan fingerprint density at radius 1 is 1.70 bits per heavy atom. The zero-order chi connectivity index (χ0) is 7.56. The Morgan fingerprint density at radius 3 is 2.90 bits per heavy atom. The van der Waals surface area contributed by atoms with Crippen LogP contribution in [0.4, 0.5) is 0 Å². The van der Waals surface area contributed by atoms with Crippen LogP contribution in [0.2, 0.25) is 0 Å². The van der Waals surface area contributed by atoms with Gasteiger partial charge in [0.1, 0.15) is 0 Å². The number of rotatable bonds is 1. The first-order valence-corrected chi connectivity index (χ1v) is 4.13. The van der Waals surface area contributed by atoms with Crippen molar-refractivity contribution in [3.05, 3.63) is 27.1 Å². The highest BCUT2D eigenvalue weighted by Gasteiger charge is 1.98. The molecule has 0 radical (unpaired) electrons. The molecule has 0 aromatic carbocycles. The summed E-state index contributed by atoms with van der Waals surface area (Å²) in [6.45, 7) is 2.57. The largest absolute Gasteiger partial charge is 0.325 e. The monoisotopic (exact) mass is 248 g/mol. The van der Waals surface area contributed by atoms with E-state index in [2.05, 4.69) is 27.6 Å². The summed E-state index contributed by atoms with van der Waals surface area (Å²) in [5.41, 5.74) is 7.65. The van der Waals surface area contributed by atoms with Gasteiger partial charge in [-0.1, -0.05) is 0 Å². The third-order valence-corrected chi connectivity index (χ3v) is 2.60. The molecule has 1 aromatic heterocycles. The normalized spacial score (nSPS) is 9.90. The van der Waals surface area contributed by atoms with Crippen LogP contribution < -0.4 is 5.73 Å². The topological polar surface area (TPSA) is 38.9 Å². The molecule has 0 saturated carbocycles. The molecule has 0 bridgehead atoms. The fourth-order valence-corrected chi connectivity index (χ4v) is 1.23. The van der Waals surface area contributed by atoms with E-state index in [4.69, 9.17) is 5.73 Å². The van der Waals surface area contributed by atoms with E-state index in [1.807, 2.05) is 13.0 Å². The minimum Gasteiger partial charge on any atom is -0.325 e. The van der Waals surface area contributed by atoms with Crippen LogP contribution in [0.1, 0.15) is 11.3 Å². The van der Waals surface area contributed by atoms with Crippen LogP contribution in [0, 0.1) is 10.5 Å². The van der Waals surface area contributed by atoms with Crippen molar-refractivity contribution in [2.24, 2.45) is 5.73 Å². The molecule has 0 aliphatic heterocycles. The van der Waals surface area contributed by atoms with Crippen LogP contribution in [0.15, 0.2) is 12.3 Å². The second kappa shape index (κ2) is 3.30. The fraction of sp³-hybridized carbons (Fsp3) is 0.286. The van der Waals surface area contributed by atoms with Crippen molar-refractivity contribution in [1.82, 2.24) is 4.98 Å². The molecule has 0 unspecified atom stereocenters. The van der Waals surface area contributed by atoms with Crippen LogP contribution >= 0.6 is 22.6 Å². The van der Waals surface area contributed by atoms with Gasteiger partial charge in [0.25, 0.3) is 0 Å². The van der Waals surface area contributed by atoms with Gasteiger partial charge in [0, 0.05) is 16.3 Å². The lowest BCUT2D eigenvalue weighted by atomic mass is 10.2. The van der Waals surface area contributed by atoms with Gasteiger partial charge in [0.05, 0.1) is 5.69 Å². The SMILES string of the molecule is Cc1c(I)ccnc1CN. The van der Waals surface area contributed by atoms with Crippen molar-refractivity contribution in [3.8, 4) is 0 Å². The molecule has 1 heterocycles. The molecule has 1 rings (SSSR count). The van der Waals surface area contributed by atoms with Gasteiger partial charge in [0.15, 0.2) is 0 Å². The van der Waals surface area contributed by atoms with Gasteiger partial charge < -0.3 is 5.73 Å². The molecule has 0 fully saturated rings. The maximum atomic E-state index is 5.45. The Kier molecular flexibility index (Phi) is 2.62. The number of halogens is 1. The highest BCUT2D eigenvalue weighted by atomic mass is 127. The molecule has 3 heteroatoms. The van der Waals surface area contributed by atoms with Crippen molar-refractivity contribution in [2.75, 3.05) is 0 Å². The second-order valence-corrected chi connectivity index (χ2v) is 3.23. The quantitative estimate of drug-likeness (QED) is 0.764. The smallest absolute Gasteiger partial charge is 0.0579 e. The predicted octanol–water partition coefficient (Wildman–Crippen LogP) is 1.45. The third kappa shape index (κ3) is 1.46. The van der Waals surface area contributed by atoms with Gasteiger partial charge in [-0.05, 0) is 41.1 Å². The lowest BCUT2D eigenvalue weighted by Gasteiger charge is -2.01. The highest BCUT2D eigenvalue weighted by Crippen LogP contribution is 2.12. The zero-order valence-corrected chi connectivity index (χ0v) is 7.92. The predicted molar refractivity (Wildman–Crippen MR) is 49.6 cm³/mol. The summed E-state index contributed by atoms with van der Waals surface area (Å²) in [6.07, 6.45) is 1.79. The lowest BCUT2D eigenvalue weighted by molar-refractivity contribution is 0.963. The van der Waals surface area contributed by atoms with Crippen LogP contribution in [0.25, 0.3) is 0 Å². The molecule has 2 nitrogen and oxygen atoms in total. The fourth-order valence-electron chi connectivity index (χ4n) is 0.758. The number of nitrogens with two attached hydrogens (primary N) is 1. The molecule has 0 atom stereocenters. The molecule has 1 aromatic rings. The molecule has 0 saturated heterocycles. The van der Waals surface area contributed by atoms with Gasteiger partial charge in [-0.3, -0.25) is 4.98 Å². The summed E-state index contributed by atoms with van der Waals surface area (Å²) < 4.78 is 1.23. The van der Waals surface area contributed by atoms with Crippen LogP contribution in [0.5, 0.6) is 0 Å². The standard InChI is InChI=1S/C7H9IN2/c1-5-6(8)2-3-10-7(5)4-9/h2-3H,4,9H2,1H3. The summed E-state index contributed by atoms with van der Waals surface area (Å²) in [6, 6.07) is 1.98. The molecule has 54 valence electrons. The first kappa shape index (κ1) is 7.94. The van der Waals surface area contributed by atoms with Gasteiger partial charge in [0.2, 0.25) is 0 Å². The van der Waals surface area contributed by atoms with E-state index in [9.17, 15) is 0 Å². The minimum atomic E-state index is 0.530. The number of pyridine rings is 1. The molecular formula is C7H9IN2. The highest BCUT2D eigenvalue weighted by molar-refractivity contribution is 14.1. The average Bonchev–Trinajstić information content (AvgIpc) is 1.95. The van der Waals surface area contributed by atoms with Crippen molar-refractivity contribution in [1.29, 1.82) is 0 Å². The van der Waals surface area contributed by atoms with E-state index < -0.39 is 0 Å². The summed E-state index contributed by atoms with van der Waals surface area (Å²) >= 11 is 2.28. The van der Waals surface area contributed by atoms with Crippen molar-refractivity contribution < 1.29 is 0 Å². The van der Waals surface area contributed by atoms with Crippen molar-refractivity contribution >= 4 is 22.6 Å². The zero-order valence-electron chi connectivity index (χ0n) is 5.76. The van der Waals surface area contributed by atoms with E-state index in [1.165, 1.54) is 9.13 Å². The maximum Gasteiger partial charge on any atom is 0.0579 e. The minimum absolute atomic E-state index is 0.530. The molecular weight excluding hydrogens is 239 g/mol. The Hall–Kier alpha value is -0.160. The van der Waals surface area contributed by atoms with Crippen molar-refractivity contribution in [2.45, 2.75) is 13.5 Å². The van der Waals surface area contributed by atoms with Crippen LogP contribution in [-0.4, -0.2) is 4.98 Å². The number of hydrogen-bond acceptors (Lipinski definition) is 2. The van der Waals surface area contributed by atoms with Crippen LogP contribution in [-0.2, 0) is 6.54 Å². The van der Waals surface area contributed by atoms with E-state index in [0.717, 1.165) is 5.69 Å². The summed E-state index contributed by atoms with van der Waals surface area (Å²) in [4.78, 5) is 4.13. The van der Waals surface area contributed by atoms with E-state index >= 15 is 0 Å². The Labute approximate surface area is 74.0 Å². The summed E-state index contributed by atoms with van der Waals surface area (Å²) in [5.74, 6) is 0. The Balaban J connectivity index is 3.14. The second-order valence-electron chi connectivity index (χ2n) is 2.07. The molecule has 0 spiro atoms. The third-order valence-electron chi connectivity index (χ3n) is 1.44. The summed E-state index contributed by atoms with van der Waals surface area (Å²) in [5, 5.41) is 0. The molecule has 0 aliphatic rings. The molecule has 10 heavy (non-hydrogen) atoms. The van der Waals surface area contributed by atoms with E-state index in [-0.39, 0.29) is 0 Å². The van der Waals surface area contributed by atoms with Crippen molar-refractivity contribution in [3.63, 3.8) is 0 Å². The number of aromatic nitrogens is 1. The van der Waals surface area contributed by atoms with Crippen LogP contribution in [0.3, 0.4) is 0 Å². The molecule has 0 amide bonds. The number of hydrogen-bond donors (Lipinski definition) is 1. The lowest BCUT2D eigenvalue weighted by Crippen LogP contribution is -2.02.